The highest BCUT2D eigenvalue weighted by molar-refractivity contribution is 7.90. The predicted octanol–water partition coefficient (Wildman–Crippen LogP) is 3.65. The fraction of sp³-hybridized carbons (Fsp3) is 0.259. The highest BCUT2D eigenvalue weighted by Gasteiger charge is 2.26. The van der Waals surface area contributed by atoms with E-state index in [1.165, 1.54) is 48.3 Å². The normalized spacial score (nSPS) is 13.4. The minimum atomic E-state index is -3.99. The van der Waals surface area contributed by atoms with E-state index in [1.54, 1.807) is 6.07 Å². The summed E-state index contributed by atoms with van der Waals surface area (Å²) >= 11 is 0. The molecule has 1 amide bonds. The Bertz CT molecular complexity index is 1760. The van der Waals surface area contributed by atoms with Crippen LogP contribution in [0.2, 0.25) is 0 Å². The molecule has 15 heteroatoms. The molecule has 0 atom stereocenters. The topological polar surface area (TPSA) is 147 Å². The van der Waals surface area contributed by atoms with Crippen molar-refractivity contribution in [1.82, 2.24) is 19.8 Å². The summed E-state index contributed by atoms with van der Waals surface area (Å²) < 4.78 is 74.5. The smallest absolute Gasteiger partial charge is 0.298 e. The van der Waals surface area contributed by atoms with Crippen LogP contribution >= 0.6 is 0 Å². The van der Waals surface area contributed by atoms with Crippen LogP contribution in [0.25, 0.3) is 11.0 Å². The third-order valence-corrected chi connectivity index (χ3v) is 7.68. The first-order valence-corrected chi connectivity index (χ1v) is 14.3. The van der Waals surface area contributed by atoms with Gasteiger partial charge in [-0.25, -0.2) is 28.4 Å². The van der Waals surface area contributed by atoms with Gasteiger partial charge in [-0.1, -0.05) is 12.1 Å². The minimum absolute atomic E-state index is 0.00337. The summed E-state index contributed by atoms with van der Waals surface area (Å²) in [4.78, 5) is 22.1. The van der Waals surface area contributed by atoms with Gasteiger partial charge in [-0.2, -0.15) is 8.42 Å². The maximum Gasteiger partial charge on any atom is 0.298 e. The van der Waals surface area contributed by atoms with E-state index >= 15 is 4.39 Å². The van der Waals surface area contributed by atoms with Crippen LogP contribution in [-0.4, -0.2) is 49.2 Å². The quantitative estimate of drug-likeness (QED) is 0.123. The number of hydroxylamine groups is 1. The number of carbonyl (C=O) groups is 1. The third-order valence-electron chi connectivity index (χ3n) is 6.66. The van der Waals surface area contributed by atoms with E-state index in [1.807, 2.05) is 4.72 Å². The van der Waals surface area contributed by atoms with Crippen molar-refractivity contribution in [2.24, 2.45) is 0 Å². The van der Waals surface area contributed by atoms with Crippen molar-refractivity contribution >= 4 is 44.2 Å². The van der Waals surface area contributed by atoms with Crippen LogP contribution < -0.4 is 20.2 Å². The number of amides is 1. The lowest BCUT2D eigenvalue weighted by Crippen LogP contribution is -2.26. The van der Waals surface area contributed by atoms with Gasteiger partial charge in [-0.3, -0.25) is 14.4 Å². The number of aromatic nitrogens is 2. The van der Waals surface area contributed by atoms with Crippen molar-refractivity contribution in [3.05, 3.63) is 82.9 Å². The maximum atomic E-state index is 16.0. The molecule has 0 bridgehead atoms. The monoisotopic (exact) mass is 604 g/mol. The molecule has 1 aliphatic rings. The van der Waals surface area contributed by atoms with E-state index in [0.717, 1.165) is 24.5 Å². The highest BCUT2D eigenvalue weighted by Crippen LogP contribution is 2.41. The van der Waals surface area contributed by atoms with E-state index in [9.17, 15) is 22.0 Å². The first-order chi connectivity index (χ1) is 20.1. The van der Waals surface area contributed by atoms with Gasteiger partial charge in [0.05, 0.1) is 47.7 Å². The summed E-state index contributed by atoms with van der Waals surface area (Å²) in [6.45, 7) is -0.608. The molecule has 4 aromatic rings. The van der Waals surface area contributed by atoms with E-state index in [4.69, 9.17) is 9.94 Å². The number of hydrogen-bond donors (Lipinski definition) is 5. The van der Waals surface area contributed by atoms with Crippen molar-refractivity contribution in [3.8, 4) is 0 Å². The molecular formula is C27H27F3N6O5S. The average molecular weight is 605 g/mol. The van der Waals surface area contributed by atoms with E-state index < -0.39 is 33.6 Å². The van der Waals surface area contributed by atoms with Crippen molar-refractivity contribution < 1.29 is 36.3 Å². The molecule has 42 heavy (non-hydrogen) atoms. The molecule has 5 N–H and O–H groups in total. The Balaban J connectivity index is 1.52. The fourth-order valence-electron chi connectivity index (χ4n) is 4.38. The summed E-state index contributed by atoms with van der Waals surface area (Å²) in [5.41, 5.74) is 2.47. The van der Waals surface area contributed by atoms with E-state index in [0.29, 0.717) is 11.5 Å². The average Bonchev–Trinajstić information content (AvgIpc) is 3.74. The van der Waals surface area contributed by atoms with Gasteiger partial charge in [0.25, 0.3) is 16.1 Å². The Labute approximate surface area is 238 Å². The molecule has 1 fully saturated rings. The van der Waals surface area contributed by atoms with Crippen LogP contribution in [0.3, 0.4) is 0 Å². The van der Waals surface area contributed by atoms with Gasteiger partial charge in [0.1, 0.15) is 17.2 Å². The summed E-state index contributed by atoms with van der Waals surface area (Å²) in [5.74, 6) is -2.94. The number of halogens is 3. The van der Waals surface area contributed by atoms with Gasteiger partial charge in [-0.15, -0.1) is 0 Å². The molecule has 3 aromatic carbocycles. The van der Waals surface area contributed by atoms with Gasteiger partial charge >= 0.3 is 0 Å². The number of nitrogens with zero attached hydrogens (tertiary/aromatic N) is 2. The number of aliphatic hydroxyl groups is 1. The van der Waals surface area contributed by atoms with E-state index in [2.05, 4.69) is 20.5 Å². The second-order valence-corrected chi connectivity index (χ2v) is 11.2. The number of imidazole rings is 1. The van der Waals surface area contributed by atoms with Crippen LogP contribution in [-0.2, 0) is 21.6 Å². The number of rotatable bonds is 12. The standard InChI is InChI=1S/C27H27F3N6O5S/c1-31-42(39,40)35-22-10-15(2-6-19(22)28)13-36-14-32-26-23(36)12-18(27(38)34-41-9-8-37)25(24(26)30)33-21-7-5-17(11-20(21)29)16-3-4-16/h2,5-7,10-12,14,16,31,33,35,37H,3-4,8-9,13H2,1H3,(H,34,38). The summed E-state index contributed by atoms with van der Waals surface area (Å²) in [7, 11) is -2.82. The largest absolute Gasteiger partial charge is 0.394 e. The van der Waals surface area contributed by atoms with E-state index in [-0.39, 0.29) is 53.4 Å². The minimum Gasteiger partial charge on any atom is -0.394 e. The maximum absolute atomic E-state index is 16.0. The first-order valence-electron chi connectivity index (χ1n) is 12.9. The molecule has 5 rings (SSSR count). The molecule has 0 unspecified atom stereocenters. The molecule has 1 aliphatic carbocycles. The SMILES string of the molecule is CNS(=O)(=O)Nc1cc(Cn2cnc3c(F)c(Nc4ccc(C5CC5)cc4F)c(C(=O)NOCCO)cc32)ccc1F. The number of carbonyl (C=O) groups excluding carboxylic acids is 1. The van der Waals surface area contributed by atoms with Crippen LogP contribution in [0.5, 0.6) is 0 Å². The molecule has 222 valence electrons. The fourth-order valence-corrected chi connectivity index (χ4v) is 4.93. The van der Waals surface area contributed by atoms with Gasteiger partial charge in [0, 0.05) is 13.6 Å². The molecule has 1 heterocycles. The molecule has 11 nitrogen and oxygen atoms in total. The summed E-state index contributed by atoms with van der Waals surface area (Å²) in [6.07, 6.45) is 3.25. The number of anilines is 3. The molecule has 0 saturated heterocycles. The lowest BCUT2D eigenvalue weighted by molar-refractivity contribution is 0.0169. The van der Waals surface area contributed by atoms with Crippen LogP contribution in [0.15, 0.2) is 48.8 Å². The van der Waals surface area contributed by atoms with Crippen molar-refractivity contribution in [1.29, 1.82) is 0 Å². The van der Waals surface area contributed by atoms with Crippen LogP contribution in [0.4, 0.5) is 30.2 Å². The van der Waals surface area contributed by atoms with Gasteiger partial charge in [0.2, 0.25) is 0 Å². The number of nitrogens with one attached hydrogen (secondary N) is 4. The molecule has 0 spiro atoms. The Morgan fingerprint density at radius 2 is 1.88 bits per heavy atom. The Morgan fingerprint density at radius 1 is 1.10 bits per heavy atom. The summed E-state index contributed by atoms with van der Waals surface area (Å²) in [5, 5.41) is 11.7. The molecule has 1 saturated carbocycles. The number of benzene rings is 3. The highest BCUT2D eigenvalue weighted by atomic mass is 32.2. The number of fused-ring (bicyclic) bond motifs is 1. The lowest BCUT2D eigenvalue weighted by atomic mass is 10.1. The molecule has 0 aliphatic heterocycles. The van der Waals surface area contributed by atoms with Gasteiger partial charge in [-0.05, 0) is 60.2 Å². The Hall–Kier alpha value is -4.18. The Kier molecular flexibility index (Phi) is 8.36. The third kappa shape index (κ3) is 6.33. The zero-order valence-corrected chi connectivity index (χ0v) is 23.1. The summed E-state index contributed by atoms with van der Waals surface area (Å²) in [6, 6.07) is 9.68. The number of aliphatic hydroxyl groups excluding tert-OH is 1. The molecular weight excluding hydrogens is 577 g/mol. The number of hydrogen-bond acceptors (Lipinski definition) is 7. The van der Waals surface area contributed by atoms with Crippen LogP contribution in [0, 0.1) is 17.5 Å². The second-order valence-electron chi connectivity index (χ2n) is 9.62. The van der Waals surface area contributed by atoms with Gasteiger partial charge < -0.3 is 15.0 Å². The van der Waals surface area contributed by atoms with Crippen molar-refractivity contribution in [3.63, 3.8) is 0 Å². The second kappa shape index (κ2) is 12.0. The molecule has 1 aromatic heterocycles. The van der Waals surface area contributed by atoms with Crippen molar-refractivity contribution in [2.45, 2.75) is 25.3 Å². The zero-order valence-electron chi connectivity index (χ0n) is 22.2. The zero-order chi connectivity index (χ0) is 30.0. The van der Waals surface area contributed by atoms with Gasteiger partial charge in [0.15, 0.2) is 5.82 Å². The first kappa shape index (κ1) is 29.3. The predicted molar refractivity (Wildman–Crippen MR) is 149 cm³/mol. The van der Waals surface area contributed by atoms with Crippen molar-refractivity contribution in [2.75, 3.05) is 30.3 Å². The Morgan fingerprint density at radius 3 is 2.57 bits per heavy atom. The molecule has 0 radical (unpaired) electrons. The lowest BCUT2D eigenvalue weighted by Gasteiger charge is -2.16. The van der Waals surface area contributed by atoms with Crippen LogP contribution in [0.1, 0.15) is 40.2 Å².